The van der Waals surface area contributed by atoms with E-state index in [2.05, 4.69) is 17.2 Å². The standard InChI is InChI=1S/C26H30N4O2/c1-17-8-12-19(13-9-17)27-25(32)26(3)16-29-22-7-5-4-6-21(22)28-23(29)24(31)30(26)20-14-10-18(2)11-15-20/h4-7,10-11,14-15,17,19H,8-9,12-13,16H2,1-3H3,(H,27,32)/t17?,19?,26-/m0/s1. The second-order valence-corrected chi connectivity index (χ2v) is 9.69. The van der Waals surface area contributed by atoms with Crippen LogP contribution in [0.4, 0.5) is 5.69 Å². The van der Waals surface area contributed by atoms with Crippen molar-refractivity contribution in [1.29, 1.82) is 0 Å². The highest BCUT2D eigenvalue weighted by atomic mass is 16.2. The molecule has 3 aromatic rings. The number of fused-ring (bicyclic) bond motifs is 3. The van der Waals surface area contributed by atoms with Gasteiger partial charge in [0.1, 0.15) is 5.54 Å². The molecule has 2 aliphatic rings. The van der Waals surface area contributed by atoms with E-state index in [4.69, 9.17) is 0 Å². The predicted octanol–water partition coefficient (Wildman–Crippen LogP) is 4.46. The van der Waals surface area contributed by atoms with Crippen molar-refractivity contribution >= 4 is 28.5 Å². The van der Waals surface area contributed by atoms with Gasteiger partial charge >= 0.3 is 0 Å². The first-order valence-electron chi connectivity index (χ1n) is 11.5. The molecule has 0 unspecified atom stereocenters. The molecule has 1 saturated carbocycles. The van der Waals surface area contributed by atoms with E-state index in [9.17, 15) is 9.59 Å². The third-order valence-electron chi connectivity index (χ3n) is 7.14. The predicted molar refractivity (Wildman–Crippen MR) is 126 cm³/mol. The molecule has 6 nitrogen and oxygen atoms in total. The number of carbonyl (C=O) groups excluding carboxylic acids is 2. The van der Waals surface area contributed by atoms with Crippen molar-refractivity contribution in [3.05, 3.63) is 59.9 Å². The quantitative estimate of drug-likeness (QED) is 0.667. The Morgan fingerprint density at radius 2 is 1.75 bits per heavy atom. The molecule has 0 radical (unpaired) electrons. The average Bonchev–Trinajstić information content (AvgIpc) is 3.15. The van der Waals surface area contributed by atoms with Crippen LogP contribution in [0.5, 0.6) is 0 Å². The first-order chi connectivity index (χ1) is 15.4. The number of imidazole rings is 1. The van der Waals surface area contributed by atoms with Gasteiger partial charge in [0.2, 0.25) is 11.7 Å². The van der Waals surface area contributed by atoms with Crippen molar-refractivity contribution in [2.75, 3.05) is 4.90 Å². The summed E-state index contributed by atoms with van der Waals surface area (Å²) >= 11 is 0. The molecule has 0 spiro atoms. The lowest BCUT2D eigenvalue weighted by Crippen LogP contribution is -2.65. The van der Waals surface area contributed by atoms with E-state index in [1.807, 2.05) is 66.9 Å². The molecule has 6 heteroatoms. The van der Waals surface area contributed by atoms with Crippen LogP contribution in [0.25, 0.3) is 11.0 Å². The zero-order chi connectivity index (χ0) is 22.5. The molecule has 5 rings (SSSR count). The molecule has 166 valence electrons. The lowest BCUT2D eigenvalue weighted by Gasteiger charge is -2.44. The second kappa shape index (κ2) is 7.76. The van der Waals surface area contributed by atoms with Gasteiger partial charge < -0.3 is 9.88 Å². The Kier molecular flexibility index (Phi) is 5.03. The molecule has 1 atom stereocenters. The number of para-hydroxylation sites is 2. The molecule has 1 aliphatic heterocycles. The number of carbonyl (C=O) groups is 2. The summed E-state index contributed by atoms with van der Waals surface area (Å²) in [6, 6.07) is 15.7. The summed E-state index contributed by atoms with van der Waals surface area (Å²) in [5.74, 6) is 0.739. The van der Waals surface area contributed by atoms with Gasteiger partial charge in [0, 0.05) is 11.7 Å². The lowest BCUT2D eigenvalue weighted by atomic mass is 9.86. The summed E-state index contributed by atoms with van der Waals surface area (Å²) in [4.78, 5) is 33.8. The monoisotopic (exact) mass is 430 g/mol. The summed E-state index contributed by atoms with van der Waals surface area (Å²) < 4.78 is 1.91. The third kappa shape index (κ3) is 3.38. The van der Waals surface area contributed by atoms with E-state index in [0.29, 0.717) is 24.0 Å². The topological polar surface area (TPSA) is 67.2 Å². The van der Waals surface area contributed by atoms with E-state index >= 15 is 0 Å². The maximum absolute atomic E-state index is 13.8. The highest BCUT2D eigenvalue weighted by molar-refractivity contribution is 6.12. The van der Waals surface area contributed by atoms with Gasteiger partial charge in [-0.05, 0) is 69.7 Å². The smallest absolute Gasteiger partial charge is 0.295 e. The van der Waals surface area contributed by atoms with Crippen molar-refractivity contribution in [3.63, 3.8) is 0 Å². The SMILES string of the molecule is Cc1ccc(N2C(=O)c3nc4ccccc4n3C[C@@]2(C)C(=O)NC2CCC(C)CC2)cc1. The normalized spacial score (nSPS) is 25.6. The molecule has 1 fully saturated rings. The Morgan fingerprint density at radius 1 is 1.06 bits per heavy atom. The van der Waals surface area contributed by atoms with Gasteiger partial charge in [0.05, 0.1) is 17.6 Å². The first kappa shape index (κ1) is 20.7. The van der Waals surface area contributed by atoms with E-state index in [-0.39, 0.29) is 17.9 Å². The molecule has 0 saturated heterocycles. The van der Waals surface area contributed by atoms with E-state index in [0.717, 1.165) is 42.3 Å². The fourth-order valence-corrected chi connectivity index (χ4v) is 5.12. The zero-order valence-electron chi connectivity index (χ0n) is 19.0. The number of nitrogens with one attached hydrogen (secondary N) is 1. The van der Waals surface area contributed by atoms with Crippen molar-refractivity contribution in [2.45, 2.75) is 64.6 Å². The summed E-state index contributed by atoms with van der Waals surface area (Å²) in [5.41, 5.74) is 2.41. The van der Waals surface area contributed by atoms with E-state index in [1.54, 1.807) is 4.90 Å². The number of aryl methyl sites for hydroxylation is 1. The highest BCUT2D eigenvalue weighted by Gasteiger charge is 2.49. The van der Waals surface area contributed by atoms with Gasteiger partial charge in [-0.1, -0.05) is 36.8 Å². The fourth-order valence-electron chi connectivity index (χ4n) is 5.12. The molecule has 2 heterocycles. The third-order valence-corrected chi connectivity index (χ3v) is 7.14. The molecule has 1 aliphatic carbocycles. The van der Waals surface area contributed by atoms with Gasteiger partial charge in [0.25, 0.3) is 5.91 Å². The minimum Gasteiger partial charge on any atom is -0.351 e. The van der Waals surface area contributed by atoms with Crippen molar-refractivity contribution < 1.29 is 9.59 Å². The van der Waals surface area contributed by atoms with Crippen LogP contribution in [0.15, 0.2) is 48.5 Å². The van der Waals surface area contributed by atoms with E-state index < -0.39 is 5.54 Å². The maximum atomic E-state index is 13.8. The molecular formula is C26H30N4O2. The van der Waals surface area contributed by atoms with Crippen LogP contribution in [-0.2, 0) is 11.3 Å². The zero-order valence-corrected chi connectivity index (χ0v) is 19.0. The van der Waals surface area contributed by atoms with Crippen LogP contribution in [0, 0.1) is 12.8 Å². The second-order valence-electron chi connectivity index (χ2n) is 9.69. The molecule has 2 aromatic carbocycles. The number of hydrogen-bond acceptors (Lipinski definition) is 3. The summed E-state index contributed by atoms with van der Waals surface area (Å²) in [5, 5.41) is 3.29. The van der Waals surface area contributed by atoms with Crippen LogP contribution in [0.3, 0.4) is 0 Å². The van der Waals surface area contributed by atoms with Crippen molar-refractivity contribution in [2.24, 2.45) is 5.92 Å². The van der Waals surface area contributed by atoms with Crippen LogP contribution in [0.1, 0.15) is 55.7 Å². The Labute approximate surface area is 188 Å². The Bertz CT molecular complexity index is 1170. The van der Waals surface area contributed by atoms with Crippen molar-refractivity contribution in [3.8, 4) is 0 Å². The van der Waals surface area contributed by atoms with Gasteiger partial charge in [-0.25, -0.2) is 4.98 Å². The van der Waals surface area contributed by atoms with Crippen LogP contribution >= 0.6 is 0 Å². The first-order valence-corrected chi connectivity index (χ1v) is 11.5. The number of nitrogens with zero attached hydrogens (tertiary/aromatic N) is 3. The molecule has 32 heavy (non-hydrogen) atoms. The Morgan fingerprint density at radius 3 is 2.47 bits per heavy atom. The maximum Gasteiger partial charge on any atom is 0.295 e. The largest absolute Gasteiger partial charge is 0.351 e. The van der Waals surface area contributed by atoms with Gasteiger partial charge in [-0.15, -0.1) is 0 Å². The fraction of sp³-hybridized carbons (Fsp3) is 0.423. The highest BCUT2D eigenvalue weighted by Crippen LogP contribution is 2.35. The minimum absolute atomic E-state index is 0.102. The number of rotatable bonds is 3. The summed E-state index contributed by atoms with van der Waals surface area (Å²) in [6.07, 6.45) is 4.22. The van der Waals surface area contributed by atoms with Gasteiger partial charge in [0.15, 0.2) is 0 Å². The molecule has 0 bridgehead atoms. The van der Waals surface area contributed by atoms with Crippen LogP contribution in [-0.4, -0.2) is 32.9 Å². The number of benzene rings is 2. The van der Waals surface area contributed by atoms with Gasteiger partial charge in [-0.3, -0.25) is 14.5 Å². The number of hydrogen-bond donors (Lipinski definition) is 1. The van der Waals surface area contributed by atoms with E-state index in [1.165, 1.54) is 0 Å². The minimum atomic E-state index is -1.06. The molecule has 1 aromatic heterocycles. The number of aromatic nitrogens is 2. The average molecular weight is 431 g/mol. The van der Waals surface area contributed by atoms with Crippen LogP contribution < -0.4 is 10.2 Å². The number of anilines is 1. The molecular weight excluding hydrogens is 400 g/mol. The van der Waals surface area contributed by atoms with Crippen LogP contribution in [0.2, 0.25) is 0 Å². The summed E-state index contributed by atoms with van der Waals surface area (Å²) in [7, 11) is 0. The lowest BCUT2D eigenvalue weighted by molar-refractivity contribution is -0.127. The molecule has 1 N–H and O–H groups in total. The summed E-state index contributed by atoms with van der Waals surface area (Å²) in [6.45, 7) is 6.52. The Hall–Kier alpha value is -3.15. The van der Waals surface area contributed by atoms with Gasteiger partial charge in [-0.2, -0.15) is 0 Å². The molecule has 2 amide bonds. The Balaban J connectivity index is 1.57. The van der Waals surface area contributed by atoms with Crippen molar-refractivity contribution in [1.82, 2.24) is 14.9 Å². The number of amides is 2.